The van der Waals surface area contributed by atoms with Crippen LogP contribution in [-0.4, -0.2) is 37.9 Å². The zero-order chi connectivity index (χ0) is 15.6. The van der Waals surface area contributed by atoms with Crippen molar-refractivity contribution in [1.82, 2.24) is 4.31 Å². The second kappa shape index (κ2) is 6.15. The van der Waals surface area contributed by atoms with Crippen molar-refractivity contribution >= 4 is 16.0 Å². The second-order valence-electron chi connectivity index (χ2n) is 5.29. The molecule has 1 aromatic carbocycles. The summed E-state index contributed by atoms with van der Waals surface area (Å²) in [6.07, 6.45) is 1.19. The third-order valence-corrected chi connectivity index (χ3v) is 5.74. The van der Waals surface area contributed by atoms with Gasteiger partial charge in [-0.05, 0) is 50.8 Å². The summed E-state index contributed by atoms with van der Waals surface area (Å²) in [6, 6.07) is 4.62. The summed E-state index contributed by atoms with van der Waals surface area (Å²) in [5.74, 6) is -0.455. The van der Waals surface area contributed by atoms with E-state index in [4.69, 9.17) is 4.74 Å². The quantitative estimate of drug-likeness (QED) is 0.798. The molecule has 1 aliphatic heterocycles. The van der Waals surface area contributed by atoms with Gasteiger partial charge in [0.25, 0.3) is 0 Å². The molecule has 1 atom stereocenters. The lowest BCUT2D eigenvalue weighted by atomic mass is 10.2. The highest BCUT2D eigenvalue weighted by Crippen LogP contribution is 2.29. The van der Waals surface area contributed by atoms with Crippen molar-refractivity contribution in [3.8, 4) is 0 Å². The second-order valence-corrected chi connectivity index (χ2v) is 7.15. The SMILES string of the molecule is CCOC(=O)C1CCCN1S(=O)(=O)c1cc(C)ccc1C. The molecule has 1 fully saturated rings. The summed E-state index contributed by atoms with van der Waals surface area (Å²) in [6.45, 7) is 5.95. The van der Waals surface area contributed by atoms with Crippen LogP contribution in [0, 0.1) is 13.8 Å². The van der Waals surface area contributed by atoms with Gasteiger partial charge in [0.2, 0.25) is 10.0 Å². The molecule has 0 saturated carbocycles. The minimum absolute atomic E-state index is 0.257. The third-order valence-electron chi connectivity index (χ3n) is 3.69. The van der Waals surface area contributed by atoms with Gasteiger partial charge >= 0.3 is 5.97 Å². The molecule has 21 heavy (non-hydrogen) atoms. The van der Waals surface area contributed by atoms with Crippen LogP contribution >= 0.6 is 0 Å². The van der Waals surface area contributed by atoms with Crippen LogP contribution in [0.2, 0.25) is 0 Å². The molecule has 0 amide bonds. The van der Waals surface area contributed by atoms with Crippen LogP contribution in [0.25, 0.3) is 0 Å². The first-order chi connectivity index (χ1) is 9.87. The minimum Gasteiger partial charge on any atom is -0.465 e. The Labute approximate surface area is 126 Å². The standard InChI is InChI=1S/C15H21NO4S/c1-4-20-15(17)13-6-5-9-16(13)21(18,19)14-10-11(2)7-8-12(14)3/h7-8,10,13H,4-6,9H2,1-3H3. The summed E-state index contributed by atoms with van der Waals surface area (Å²) >= 11 is 0. The molecule has 5 nitrogen and oxygen atoms in total. The van der Waals surface area contributed by atoms with Crippen molar-refractivity contribution in [2.75, 3.05) is 13.2 Å². The van der Waals surface area contributed by atoms with Gasteiger partial charge in [-0.1, -0.05) is 12.1 Å². The van der Waals surface area contributed by atoms with Gasteiger partial charge in [-0.2, -0.15) is 4.31 Å². The molecular weight excluding hydrogens is 290 g/mol. The van der Waals surface area contributed by atoms with Crippen LogP contribution < -0.4 is 0 Å². The predicted molar refractivity (Wildman–Crippen MR) is 79.5 cm³/mol. The Balaban J connectivity index is 2.38. The molecule has 1 aromatic rings. The number of nitrogens with zero attached hydrogens (tertiary/aromatic N) is 1. The van der Waals surface area contributed by atoms with E-state index in [1.54, 1.807) is 26.0 Å². The lowest BCUT2D eigenvalue weighted by Crippen LogP contribution is -2.41. The van der Waals surface area contributed by atoms with Gasteiger partial charge in [-0.15, -0.1) is 0 Å². The van der Waals surface area contributed by atoms with E-state index in [1.807, 2.05) is 13.0 Å². The van der Waals surface area contributed by atoms with Gasteiger partial charge in [-0.3, -0.25) is 4.79 Å². The molecule has 1 heterocycles. The van der Waals surface area contributed by atoms with Crippen molar-refractivity contribution in [2.24, 2.45) is 0 Å². The number of benzene rings is 1. The van der Waals surface area contributed by atoms with E-state index in [9.17, 15) is 13.2 Å². The van der Waals surface area contributed by atoms with Gasteiger partial charge in [0.05, 0.1) is 11.5 Å². The molecule has 1 saturated heterocycles. The number of carbonyl (C=O) groups excluding carboxylic acids is 1. The van der Waals surface area contributed by atoms with Crippen molar-refractivity contribution in [3.63, 3.8) is 0 Å². The van der Waals surface area contributed by atoms with E-state index >= 15 is 0 Å². The molecule has 0 spiro atoms. The van der Waals surface area contributed by atoms with Crippen LogP contribution in [0.15, 0.2) is 23.1 Å². The Morgan fingerprint density at radius 2 is 2.10 bits per heavy atom. The van der Waals surface area contributed by atoms with Gasteiger partial charge in [0.1, 0.15) is 6.04 Å². The number of esters is 1. The maximum atomic E-state index is 12.8. The summed E-state index contributed by atoms with van der Waals surface area (Å²) in [7, 11) is -3.67. The van der Waals surface area contributed by atoms with Crippen LogP contribution in [0.5, 0.6) is 0 Å². The first-order valence-corrected chi connectivity index (χ1v) is 8.57. The van der Waals surface area contributed by atoms with Crippen LogP contribution in [0.3, 0.4) is 0 Å². The Morgan fingerprint density at radius 1 is 1.38 bits per heavy atom. The summed E-state index contributed by atoms with van der Waals surface area (Å²) in [5, 5.41) is 0. The molecule has 1 aliphatic rings. The fourth-order valence-electron chi connectivity index (χ4n) is 2.61. The molecule has 0 radical (unpaired) electrons. The van der Waals surface area contributed by atoms with Gasteiger partial charge in [0, 0.05) is 6.54 Å². The van der Waals surface area contributed by atoms with Gasteiger partial charge in [-0.25, -0.2) is 8.42 Å². The van der Waals surface area contributed by atoms with E-state index < -0.39 is 22.0 Å². The lowest BCUT2D eigenvalue weighted by molar-refractivity contribution is -0.146. The van der Waals surface area contributed by atoms with Crippen molar-refractivity contribution in [2.45, 2.75) is 44.6 Å². The third kappa shape index (κ3) is 3.11. The maximum absolute atomic E-state index is 12.8. The maximum Gasteiger partial charge on any atom is 0.324 e. The van der Waals surface area contributed by atoms with Gasteiger partial charge < -0.3 is 4.74 Å². The van der Waals surface area contributed by atoms with E-state index in [0.717, 1.165) is 5.56 Å². The topological polar surface area (TPSA) is 63.7 Å². The Bertz CT molecular complexity index is 639. The zero-order valence-corrected chi connectivity index (χ0v) is 13.4. The van der Waals surface area contributed by atoms with Crippen molar-refractivity contribution in [1.29, 1.82) is 0 Å². The monoisotopic (exact) mass is 311 g/mol. The smallest absolute Gasteiger partial charge is 0.324 e. The van der Waals surface area contributed by atoms with Crippen molar-refractivity contribution < 1.29 is 17.9 Å². The van der Waals surface area contributed by atoms with Crippen LogP contribution in [0.1, 0.15) is 30.9 Å². The Morgan fingerprint density at radius 3 is 2.76 bits per heavy atom. The largest absolute Gasteiger partial charge is 0.465 e. The number of rotatable bonds is 4. The molecule has 0 aromatic heterocycles. The Hall–Kier alpha value is -1.40. The molecule has 116 valence electrons. The fraction of sp³-hybridized carbons (Fsp3) is 0.533. The first kappa shape index (κ1) is 16.0. The summed E-state index contributed by atoms with van der Waals surface area (Å²) in [4.78, 5) is 12.2. The number of sulfonamides is 1. The predicted octanol–water partition coefficient (Wildman–Crippen LogP) is 2.02. The van der Waals surface area contributed by atoms with Gasteiger partial charge in [0.15, 0.2) is 0 Å². The highest BCUT2D eigenvalue weighted by molar-refractivity contribution is 7.89. The first-order valence-electron chi connectivity index (χ1n) is 7.13. The molecule has 0 N–H and O–H groups in total. The molecular formula is C15H21NO4S. The van der Waals surface area contributed by atoms with Crippen LogP contribution in [0.4, 0.5) is 0 Å². The summed E-state index contributed by atoms with van der Waals surface area (Å²) in [5.41, 5.74) is 1.57. The zero-order valence-electron chi connectivity index (χ0n) is 12.6. The van der Waals surface area contributed by atoms with E-state index in [2.05, 4.69) is 0 Å². The lowest BCUT2D eigenvalue weighted by Gasteiger charge is -2.23. The average Bonchev–Trinajstić information content (AvgIpc) is 2.92. The molecule has 2 rings (SSSR count). The fourth-order valence-corrected chi connectivity index (χ4v) is 4.57. The number of hydrogen-bond acceptors (Lipinski definition) is 4. The van der Waals surface area contributed by atoms with Crippen molar-refractivity contribution in [3.05, 3.63) is 29.3 Å². The highest BCUT2D eigenvalue weighted by atomic mass is 32.2. The van der Waals surface area contributed by atoms with E-state index in [0.29, 0.717) is 24.9 Å². The van der Waals surface area contributed by atoms with Crippen LogP contribution in [-0.2, 0) is 19.6 Å². The molecule has 1 unspecified atom stereocenters. The van der Waals surface area contributed by atoms with E-state index in [-0.39, 0.29) is 11.5 Å². The Kier molecular flexibility index (Phi) is 4.68. The highest BCUT2D eigenvalue weighted by Gasteiger charge is 2.40. The van der Waals surface area contributed by atoms with E-state index in [1.165, 1.54) is 4.31 Å². The average molecular weight is 311 g/mol. The normalized spacial score (nSPS) is 19.7. The minimum atomic E-state index is -3.67. The number of aryl methyl sites for hydroxylation is 2. The number of ether oxygens (including phenoxy) is 1. The molecule has 6 heteroatoms. The molecule has 0 aliphatic carbocycles. The number of hydrogen-bond donors (Lipinski definition) is 0. The number of carbonyl (C=O) groups is 1. The molecule has 0 bridgehead atoms. The summed E-state index contributed by atoms with van der Waals surface area (Å²) < 4.78 is 32.0.